The number of hydrogen-bond donors (Lipinski definition) is 4. The van der Waals surface area contributed by atoms with E-state index in [9.17, 15) is 40.5 Å². The zero-order chi connectivity index (χ0) is 15.4. The maximum absolute atomic E-state index is 10.3. The highest BCUT2D eigenvalue weighted by Crippen LogP contribution is 2.22. The van der Waals surface area contributed by atoms with Gasteiger partial charge in [0.2, 0.25) is 0 Å². The molecule has 0 aromatic carbocycles. The van der Waals surface area contributed by atoms with E-state index in [0.29, 0.717) is 0 Å². The van der Waals surface area contributed by atoms with E-state index in [1.165, 1.54) is 0 Å². The summed E-state index contributed by atoms with van der Waals surface area (Å²) in [6, 6.07) is -5.62. The van der Waals surface area contributed by atoms with Crippen molar-refractivity contribution in [2.75, 3.05) is 0 Å². The summed E-state index contributed by atoms with van der Waals surface area (Å²) in [4.78, 5) is 41.4. The number of nitrogens with one attached hydrogen (secondary N) is 4. The van der Waals surface area contributed by atoms with Crippen LogP contribution < -0.4 is 21.7 Å². The van der Waals surface area contributed by atoms with Crippen LogP contribution in [0.4, 0.5) is 0 Å². The van der Waals surface area contributed by atoms with E-state index in [4.69, 9.17) is 0 Å². The van der Waals surface area contributed by atoms with Gasteiger partial charge in [0.05, 0.1) is 0 Å². The Balaban J connectivity index is 2.89. The summed E-state index contributed by atoms with van der Waals surface area (Å²) in [5, 5.41) is 37.1. The van der Waals surface area contributed by atoms with Gasteiger partial charge in [0.25, 0.3) is 0 Å². The van der Waals surface area contributed by atoms with Crippen molar-refractivity contribution in [2.24, 2.45) is 0 Å². The SMILES string of the molecule is O=[N+]([O-])NC1C(N[N+](=O)[O-])C(N[N+](=O)[O-])C1N[N+](=O)[O-]. The molecule has 0 heterocycles. The Kier molecular flexibility index (Phi) is 4.18. The van der Waals surface area contributed by atoms with Gasteiger partial charge in [-0.25, -0.2) is 40.5 Å². The molecule has 16 nitrogen and oxygen atoms in total. The summed E-state index contributed by atoms with van der Waals surface area (Å²) in [7, 11) is 0. The summed E-state index contributed by atoms with van der Waals surface area (Å²) in [5.41, 5.74) is 6.48. The quantitative estimate of drug-likeness (QED) is 0.254. The highest BCUT2D eigenvalue weighted by Gasteiger charge is 2.60. The Morgan fingerprint density at radius 2 is 0.650 bits per heavy atom. The first-order valence-corrected chi connectivity index (χ1v) is 4.84. The van der Waals surface area contributed by atoms with Gasteiger partial charge < -0.3 is 0 Å². The second-order valence-electron chi connectivity index (χ2n) is 3.65. The molecular weight excluding hydrogens is 288 g/mol. The molecule has 0 aliphatic heterocycles. The Labute approximate surface area is 108 Å². The predicted octanol–water partition coefficient (Wildman–Crippen LogP) is -3.40. The molecule has 112 valence electrons. The summed E-state index contributed by atoms with van der Waals surface area (Å²) in [6.07, 6.45) is 0. The number of nitrogens with zero attached hydrogens (tertiary/aromatic N) is 4. The van der Waals surface area contributed by atoms with Crippen molar-refractivity contribution in [3.63, 3.8) is 0 Å². The van der Waals surface area contributed by atoms with Crippen LogP contribution in [-0.2, 0) is 0 Å². The first-order chi connectivity index (χ1) is 9.22. The third-order valence-electron chi connectivity index (χ3n) is 2.57. The Bertz CT molecular complexity index is 352. The average Bonchev–Trinajstić information content (AvgIpc) is 2.28. The molecule has 0 unspecified atom stereocenters. The molecule has 0 radical (unpaired) electrons. The van der Waals surface area contributed by atoms with Crippen LogP contribution in [0.1, 0.15) is 0 Å². The molecule has 0 saturated heterocycles. The minimum Gasteiger partial charge on any atom is -0.235 e. The van der Waals surface area contributed by atoms with Crippen LogP contribution in [0.5, 0.6) is 0 Å². The lowest BCUT2D eigenvalue weighted by Crippen LogP contribution is -2.83. The molecule has 1 fully saturated rings. The fraction of sp³-hybridized carbons (Fsp3) is 1.00. The fourth-order valence-corrected chi connectivity index (χ4v) is 1.88. The molecule has 0 bridgehead atoms. The summed E-state index contributed by atoms with van der Waals surface area (Å²) in [6.45, 7) is 0. The van der Waals surface area contributed by atoms with Crippen molar-refractivity contribution in [3.05, 3.63) is 40.5 Å². The van der Waals surface area contributed by atoms with Gasteiger partial charge in [-0.2, -0.15) is 0 Å². The van der Waals surface area contributed by atoms with E-state index in [1.807, 2.05) is 0 Å². The molecule has 4 N–H and O–H groups in total. The monoisotopic (exact) mass is 296 g/mol. The molecule has 1 rings (SSSR count). The first-order valence-electron chi connectivity index (χ1n) is 4.84. The second-order valence-corrected chi connectivity index (χ2v) is 3.65. The summed E-state index contributed by atoms with van der Waals surface area (Å²) in [5.74, 6) is 0. The number of rotatable bonds is 8. The van der Waals surface area contributed by atoms with E-state index in [1.54, 1.807) is 21.7 Å². The van der Waals surface area contributed by atoms with Crippen LogP contribution in [0.25, 0.3) is 0 Å². The summed E-state index contributed by atoms with van der Waals surface area (Å²) < 4.78 is 0. The molecule has 0 aromatic heterocycles. The van der Waals surface area contributed by atoms with E-state index in [0.717, 1.165) is 0 Å². The zero-order valence-electron chi connectivity index (χ0n) is 9.36. The Hall–Kier alpha value is -3.20. The minimum atomic E-state index is -1.40. The lowest BCUT2D eigenvalue weighted by Gasteiger charge is -2.42. The molecule has 1 aliphatic carbocycles. The van der Waals surface area contributed by atoms with Crippen LogP contribution in [-0.4, -0.2) is 44.3 Å². The number of hydrazine groups is 4. The van der Waals surface area contributed by atoms with Crippen molar-refractivity contribution in [2.45, 2.75) is 24.2 Å². The van der Waals surface area contributed by atoms with Crippen LogP contribution in [0, 0.1) is 40.5 Å². The van der Waals surface area contributed by atoms with Gasteiger partial charge in [0, 0.05) is 0 Å². The van der Waals surface area contributed by atoms with Crippen molar-refractivity contribution < 1.29 is 20.1 Å². The number of nitro groups is 4. The van der Waals surface area contributed by atoms with Gasteiger partial charge in [-0.1, -0.05) is 0 Å². The fourth-order valence-electron chi connectivity index (χ4n) is 1.88. The Morgan fingerprint density at radius 1 is 0.500 bits per heavy atom. The molecule has 1 saturated carbocycles. The normalized spacial score (nSPS) is 27.6. The van der Waals surface area contributed by atoms with E-state index >= 15 is 0 Å². The van der Waals surface area contributed by atoms with Crippen molar-refractivity contribution in [1.82, 2.24) is 21.7 Å². The number of hydrogen-bond acceptors (Lipinski definition) is 8. The molecule has 1 aliphatic rings. The maximum atomic E-state index is 10.3. The lowest BCUT2D eigenvalue weighted by atomic mass is 9.76. The summed E-state index contributed by atoms with van der Waals surface area (Å²) >= 11 is 0. The van der Waals surface area contributed by atoms with Crippen LogP contribution in [0.15, 0.2) is 0 Å². The topological polar surface area (TPSA) is 221 Å². The Morgan fingerprint density at radius 3 is 0.750 bits per heavy atom. The molecule has 0 amide bonds. The smallest absolute Gasteiger partial charge is 0.157 e. The van der Waals surface area contributed by atoms with E-state index in [2.05, 4.69) is 0 Å². The van der Waals surface area contributed by atoms with Crippen LogP contribution in [0.3, 0.4) is 0 Å². The van der Waals surface area contributed by atoms with Crippen molar-refractivity contribution >= 4 is 0 Å². The van der Waals surface area contributed by atoms with Crippen molar-refractivity contribution in [1.29, 1.82) is 0 Å². The predicted molar refractivity (Wildman–Crippen MR) is 55.7 cm³/mol. The zero-order valence-corrected chi connectivity index (χ0v) is 9.36. The van der Waals surface area contributed by atoms with Crippen LogP contribution >= 0.6 is 0 Å². The van der Waals surface area contributed by atoms with E-state index < -0.39 is 44.3 Å². The molecule has 0 aromatic rings. The lowest BCUT2D eigenvalue weighted by molar-refractivity contribution is -0.608. The highest BCUT2D eigenvalue weighted by molar-refractivity contribution is 5.11. The van der Waals surface area contributed by atoms with Gasteiger partial charge in [0.1, 0.15) is 24.2 Å². The van der Waals surface area contributed by atoms with Gasteiger partial charge >= 0.3 is 0 Å². The van der Waals surface area contributed by atoms with Gasteiger partial charge in [-0.05, 0) is 0 Å². The highest BCUT2D eigenvalue weighted by atomic mass is 16.7. The molecule has 0 spiro atoms. The van der Waals surface area contributed by atoms with Crippen LogP contribution in [0.2, 0.25) is 0 Å². The molecule has 16 heteroatoms. The van der Waals surface area contributed by atoms with Gasteiger partial charge in [0.15, 0.2) is 20.1 Å². The average molecular weight is 296 g/mol. The second kappa shape index (κ2) is 5.63. The van der Waals surface area contributed by atoms with Gasteiger partial charge in [-0.3, -0.25) is 0 Å². The first kappa shape index (κ1) is 14.9. The maximum Gasteiger partial charge on any atom is 0.157 e. The molecule has 20 heavy (non-hydrogen) atoms. The largest absolute Gasteiger partial charge is 0.235 e. The van der Waals surface area contributed by atoms with Crippen molar-refractivity contribution in [3.8, 4) is 0 Å². The van der Waals surface area contributed by atoms with E-state index in [-0.39, 0.29) is 0 Å². The third kappa shape index (κ3) is 3.40. The van der Waals surface area contributed by atoms with Gasteiger partial charge in [-0.15, -0.1) is 21.7 Å². The third-order valence-corrected chi connectivity index (χ3v) is 2.57. The standard InChI is InChI=1S/C4H8N8O8/c13-9(14)5-1-2(6-10(15)16)4(8-12(19)20)3(1)7-11(17)18/h1-8H. The minimum absolute atomic E-state index is 1.06. The molecule has 0 atom stereocenters. The molecular formula is C4H8N8O8.